The van der Waals surface area contributed by atoms with Crippen molar-refractivity contribution in [3.63, 3.8) is 0 Å². The summed E-state index contributed by atoms with van der Waals surface area (Å²) in [6.07, 6.45) is 1.51. The highest BCUT2D eigenvalue weighted by Crippen LogP contribution is 2.09. The summed E-state index contributed by atoms with van der Waals surface area (Å²) < 4.78 is 1.53. The molecule has 3 rings (SSSR count). The second-order valence-electron chi connectivity index (χ2n) is 6.33. The van der Waals surface area contributed by atoms with Gasteiger partial charge in [0.05, 0.1) is 5.69 Å². The Hall–Kier alpha value is -2.32. The minimum Gasteiger partial charge on any atom is -0.350 e. The van der Waals surface area contributed by atoms with Crippen molar-refractivity contribution < 1.29 is 4.79 Å². The van der Waals surface area contributed by atoms with Gasteiger partial charge in [-0.3, -0.25) is 9.69 Å². The Kier molecular flexibility index (Phi) is 5.72. The first-order valence-corrected chi connectivity index (χ1v) is 8.75. The molecule has 134 valence electrons. The molecule has 1 aromatic carbocycles. The van der Waals surface area contributed by atoms with E-state index in [1.807, 2.05) is 12.1 Å². The van der Waals surface area contributed by atoms with E-state index in [2.05, 4.69) is 44.5 Å². The quantitative estimate of drug-likeness (QED) is 0.819. The van der Waals surface area contributed by atoms with Crippen LogP contribution in [-0.2, 0) is 0 Å². The molecule has 0 radical (unpaired) electrons. The summed E-state index contributed by atoms with van der Waals surface area (Å²) in [7, 11) is 0. The molecule has 25 heavy (non-hydrogen) atoms. The molecule has 1 N–H and O–H groups in total. The summed E-state index contributed by atoms with van der Waals surface area (Å²) >= 11 is 0. The lowest BCUT2D eigenvalue weighted by Crippen LogP contribution is -2.52. The number of nitrogens with zero attached hydrogens (tertiary/aromatic N) is 6. The standard InChI is InChI=1S/C17H25N7O/c1-3-22-7-9-23(10-8-22)14(2)12-18-17(25)15-5-4-6-16(11-15)24-13-19-20-21-24/h4-6,11,13-14H,3,7-10,12H2,1-2H3,(H,18,25)/t14-/m1/s1. The number of aromatic nitrogens is 4. The number of carbonyl (C=O) groups excluding carboxylic acids is 1. The topological polar surface area (TPSA) is 79.2 Å². The van der Waals surface area contributed by atoms with E-state index in [1.54, 1.807) is 12.1 Å². The minimum atomic E-state index is -0.0750. The number of nitrogens with one attached hydrogen (secondary N) is 1. The number of hydrogen-bond donors (Lipinski definition) is 1. The van der Waals surface area contributed by atoms with Crippen LogP contribution in [0.4, 0.5) is 0 Å². The predicted octanol–water partition coefficient (Wildman–Crippen LogP) is 0.418. The lowest BCUT2D eigenvalue weighted by atomic mass is 10.1. The lowest BCUT2D eigenvalue weighted by molar-refractivity contribution is 0.0883. The van der Waals surface area contributed by atoms with Crippen LogP contribution in [0.15, 0.2) is 30.6 Å². The molecule has 2 aromatic rings. The van der Waals surface area contributed by atoms with E-state index in [0.29, 0.717) is 18.2 Å². The molecule has 1 atom stereocenters. The van der Waals surface area contributed by atoms with Gasteiger partial charge in [0.2, 0.25) is 0 Å². The monoisotopic (exact) mass is 343 g/mol. The molecule has 1 aliphatic rings. The minimum absolute atomic E-state index is 0.0750. The number of likely N-dealkylation sites (N-methyl/N-ethyl adjacent to an activating group) is 1. The maximum Gasteiger partial charge on any atom is 0.251 e. The lowest BCUT2D eigenvalue weighted by Gasteiger charge is -2.37. The third-order valence-corrected chi connectivity index (χ3v) is 4.76. The second-order valence-corrected chi connectivity index (χ2v) is 6.33. The van der Waals surface area contributed by atoms with Crippen LogP contribution < -0.4 is 5.32 Å². The zero-order valence-corrected chi connectivity index (χ0v) is 14.8. The van der Waals surface area contributed by atoms with Crippen molar-refractivity contribution in [2.24, 2.45) is 0 Å². The van der Waals surface area contributed by atoms with E-state index in [9.17, 15) is 4.79 Å². The SMILES string of the molecule is CCN1CCN([C@H](C)CNC(=O)c2cccc(-n3cnnn3)c2)CC1. The van der Waals surface area contributed by atoms with E-state index in [-0.39, 0.29) is 5.91 Å². The van der Waals surface area contributed by atoms with Crippen molar-refractivity contribution in [2.75, 3.05) is 39.3 Å². The largest absolute Gasteiger partial charge is 0.350 e. The molecule has 1 aromatic heterocycles. The molecular weight excluding hydrogens is 318 g/mol. The number of rotatable bonds is 6. The fraction of sp³-hybridized carbons (Fsp3) is 0.529. The van der Waals surface area contributed by atoms with Crippen molar-refractivity contribution in [1.29, 1.82) is 0 Å². The van der Waals surface area contributed by atoms with Gasteiger partial charge in [-0.2, -0.15) is 0 Å². The molecule has 8 nitrogen and oxygen atoms in total. The Labute approximate surface area is 147 Å². The number of carbonyl (C=O) groups is 1. The Bertz CT molecular complexity index is 680. The molecule has 1 amide bonds. The van der Waals surface area contributed by atoms with Gasteiger partial charge in [-0.1, -0.05) is 13.0 Å². The molecule has 1 fully saturated rings. The molecule has 0 bridgehead atoms. The summed E-state index contributed by atoms with van der Waals surface area (Å²) in [5.74, 6) is -0.0750. The number of amides is 1. The van der Waals surface area contributed by atoms with E-state index in [4.69, 9.17) is 0 Å². The summed E-state index contributed by atoms with van der Waals surface area (Å²) in [6.45, 7) is 10.4. The highest BCUT2D eigenvalue weighted by Gasteiger charge is 2.20. The van der Waals surface area contributed by atoms with Crippen LogP contribution in [0.5, 0.6) is 0 Å². The molecule has 8 heteroatoms. The van der Waals surface area contributed by atoms with Crippen molar-refractivity contribution in [2.45, 2.75) is 19.9 Å². The first kappa shape index (κ1) is 17.5. The van der Waals surface area contributed by atoms with E-state index in [0.717, 1.165) is 38.4 Å². The maximum atomic E-state index is 12.5. The first-order chi connectivity index (χ1) is 12.2. The van der Waals surface area contributed by atoms with Gasteiger partial charge in [0.25, 0.3) is 5.91 Å². The van der Waals surface area contributed by atoms with Crippen LogP contribution in [0, 0.1) is 0 Å². The summed E-state index contributed by atoms with van der Waals surface area (Å²) in [5.41, 5.74) is 1.37. The summed E-state index contributed by atoms with van der Waals surface area (Å²) in [5, 5.41) is 14.1. The highest BCUT2D eigenvalue weighted by atomic mass is 16.1. The molecule has 1 saturated heterocycles. The third-order valence-electron chi connectivity index (χ3n) is 4.76. The van der Waals surface area contributed by atoms with Crippen LogP contribution in [0.3, 0.4) is 0 Å². The smallest absolute Gasteiger partial charge is 0.251 e. The molecule has 0 unspecified atom stereocenters. The fourth-order valence-corrected chi connectivity index (χ4v) is 3.06. The van der Waals surface area contributed by atoms with Crippen LogP contribution in [0.2, 0.25) is 0 Å². The molecule has 0 saturated carbocycles. The Morgan fingerprint density at radius 1 is 1.28 bits per heavy atom. The summed E-state index contributed by atoms with van der Waals surface area (Å²) in [6, 6.07) is 7.61. The van der Waals surface area contributed by atoms with Crippen molar-refractivity contribution >= 4 is 5.91 Å². The average molecular weight is 343 g/mol. The zero-order chi connectivity index (χ0) is 17.6. The van der Waals surface area contributed by atoms with E-state index in [1.165, 1.54) is 11.0 Å². The molecule has 0 spiro atoms. The zero-order valence-electron chi connectivity index (χ0n) is 14.8. The van der Waals surface area contributed by atoms with Crippen LogP contribution >= 0.6 is 0 Å². The van der Waals surface area contributed by atoms with Crippen molar-refractivity contribution in [3.8, 4) is 5.69 Å². The van der Waals surface area contributed by atoms with E-state index >= 15 is 0 Å². The van der Waals surface area contributed by atoms with Gasteiger partial charge in [-0.25, -0.2) is 4.68 Å². The molecule has 2 heterocycles. The van der Waals surface area contributed by atoms with Crippen LogP contribution in [-0.4, -0.2) is 81.2 Å². The number of tetrazole rings is 1. The molecule has 0 aliphatic carbocycles. The van der Waals surface area contributed by atoms with Gasteiger partial charge in [0.1, 0.15) is 6.33 Å². The van der Waals surface area contributed by atoms with Crippen molar-refractivity contribution in [3.05, 3.63) is 36.2 Å². The average Bonchev–Trinajstić information content (AvgIpc) is 3.21. The second kappa shape index (κ2) is 8.17. The number of hydrogen-bond acceptors (Lipinski definition) is 6. The van der Waals surface area contributed by atoms with Gasteiger partial charge in [-0.15, -0.1) is 5.10 Å². The van der Waals surface area contributed by atoms with Gasteiger partial charge < -0.3 is 10.2 Å². The van der Waals surface area contributed by atoms with Crippen molar-refractivity contribution in [1.82, 2.24) is 35.3 Å². The normalized spacial score (nSPS) is 17.4. The van der Waals surface area contributed by atoms with Gasteiger partial charge in [-0.05, 0) is 42.1 Å². The molecule has 1 aliphatic heterocycles. The Morgan fingerprint density at radius 2 is 2.08 bits per heavy atom. The maximum absolute atomic E-state index is 12.5. The van der Waals surface area contributed by atoms with Gasteiger partial charge >= 0.3 is 0 Å². The van der Waals surface area contributed by atoms with Crippen LogP contribution in [0.25, 0.3) is 5.69 Å². The van der Waals surface area contributed by atoms with Gasteiger partial charge in [0.15, 0.2) is 0 Å². The van der Waals surface area contributed by atoms with Crippen LogP contribution in [0.1, 0.15) is 24.2 Å². The number of benzene rings is 1. The van der Waals surface area contributed by atoms with Gasteiger partial charge in [0, 0.05) is 44.3 Å². The molecular formula is C17H25N7O. The Balaban J connectivity index is 1.53. The third kappa shape index (κ3) is 4.40. The predicted molar refractivity (Wildman–Crippen MR) is 94.6 cm³/mol. The van der Waals surface area contributed by atoms with E-state index < -0.39 is 0 Å². The highest BCUT2D eigenvalue weighted by molar-refractivity contribution is 5.94. The summed E-state index contributed by atoms with van der Waals surface area (Å²) in [4.78, 5) is 17.3. The fourth-order valence-electron chi connectivity index (χ4n) is 3.06. The Morgan fingerprint density at radius 3 is 2.76 bits per heavy atom. The number of piperazine rings is 1. The first-order valence-electron chi connectivity index (χ1n) is 8.75.